The number of nitrogen functional groups attached to an aromatic ring is 1. The van der Waals surface area contributed by atoms with Crippen LogP contribution < -0.4 is 5.73 Å². The van der Waals surface area contributed by atoms with Crippen LogP contribution >= 0.6 is 0 Å². The summed E-state index contributed by atoms with van der Waals surface area (Å²) in [5.41, 5.74) is 9.60. The van der Waals surface area contributed by atoms with Crippen LogP contribution in [0.2, 0.25) is 0 Å². The fourth-order valence-electron chi connectivity index (χ4n) is 2.56. The highest BCUT2D eigenvalue weighted by Crippen LogP contribution is 2.54. The van der Waals surface area contributed by atoms with E-state index in [0.717, 1.165) is 5.69 Å². The number of rotatable bonds is 2. The molecule has 3 rings (SSSR count). The highest BCUT2D eigenvalue weighted by Gasteiger charge is 2.48. The molecule has 1 saturated carbocycles. The van der Waals surface area contributed by atoms with E-state index < -0.39 is 0 Å². The minimum Gasteiger partial charge on any atom is -0.398 e. The molecule has 82 valence electrons. The molecule has 0 bridgehead atoms. The molecule has 1 aliphatic rings. The third kappa shape index (κ3) is 1.18. The molecule has 16 heavy (non-hydrogen) atoms. The van der Waals surface area contributed by atoms with Crippen molar-refractivity contribution in [3.8, 4) is 0 Å². The van der Waals surface area contributed by atoms with E-state index >= 15 is 0 Å². The Morgan fingerprint density at radius 1 is 1.25 bits per heavy atom. The van der Waals surface area contributed by atoms with Crippen molar-refractivity contribution in [3.05, 3.63) is 47.8 Å². The van der Waals surface area contributed by atoms with Crippen molar-refractivity contribution in [3.63, 3.8) is 0 Å². The Hall–Kier alpha value is -1.77. The van der Waals surface area contributed by atoms with Crippen LogP contribution in [0.5, 0.6) is 0 Å². The average molecular weight is 213 g/mol. The lowest BCUT2D eigenvalue weighted by Crippen LogP contribution is -2.15. The maximum Gasteiger partial charge on any atom is 0.0492 e. The molecule has 3 heteroatoms. The molecule has 1 fully saturated rings. The van der Waals surface area contributed by atoms with Gasteiger partial charge in [0.15, 0.2) is 0 Å². The molecule has 1 aromatic carbocycles. The summed E-state index contributed by atoms with van der Waals surface area (Å²) >= 11 is 0. The third-order valence-corrected chi connectivity index (χ3v) is 3.54. The monoisotopic (exact) mass is 213 g/mol. The van der Waals surface area contributed by atoms with Crippen LogP contribution in [-0.2, 0) is 12.5 Å². The SMILES string of the molecule is Cn1nccc1C1(c2ccccc2N)CC1. The number of aromatic nitrogens is 2. The van der Waals surface area contributed by atoms with E-state index in [4.69, 9.17) is 5.73 Å². The minimum atomic E-state index is 0.122. The zero-order valence-corrected chi connectivity index (χ0v) is 9.35. The van der Waals surface area contributed by atoms with E-state index in [0.29, 0.717) is 0 Å². The van der Waals surface area contributed by atoms with Gasteiger partial charge in [0.1, 0.15) is 0 Å². The Labute approximate surface area is 94.9 Å². The summed E-state index contributed by atoms with van der Waals surface area (Å²) in [6, 6.07) is 10.3. The molecule has 0 radical (unpaired) electrons. The largest absolute Gasteiger partial charge is 0.398 e. The number of hydrogen-bond acceptors (Lipinski definition) is 2. The fourth-order valence-corrected chi connectivity index (χ4v) is 2.56. The van der Waals surface area contributed by atoms with Gasteiger partial charge in [-0.1, -0.05) is 18.2 Å². The summed E-state index contributed by atoms with van der Waals surface area (Å²) in [5.74, 6) is 0. The van der Waals surface area contributed by atoms with Crippen molar-refractivity contribution < 1.29 is 0 Å². The maximum absolute atomic E-state index is 6.07. The van der Waals surface area contributed by atoms with E-state index in [1.54, 1.807) is 0 Å². The van der Waals surface area contributed by atoms with Gasteiger partial charge in [-0.25, -0.2) is 0 Å². The van der Waals surface area contributed by atoms with Gasteiger partial charge in [-0.15, -0.1) is 0 Å². The summed E-state index contributed by atoms with van der Waals surface area (Å²) < 4.78 is 1.96. The predicted octanol–water partition coefficient (Wildman–Crippen LogP) is 2.08. The maximum atomic E-state index is 6.07. The van der Waals surface area contributed by atoms with Crippen molar-refractivity contribution in [1.29, 1.82) is 0 Å². The molecule has 1 heterocycles. The summed E-state index contributed by atoms with van der Waals surface area (Å²) in [5, 5.41) is 4.25. The minimum absolute atomic E-state index is 0.122. The molecule has 0 spiro atoms. The molecular weight excluding hydrogens is 198 g/mol. The molecule has 0 saturated heterocycles. The van der Waals surface area contributed by atoms with Gasteiger partial charge >= 0.3 is 0 Å². The Balaban J connectivity index is 2.14. The molecule has 3 nitrogen and oxygen atoms in total. The van der Waals surface area contributed by atoms with Gasteiger partial charge in [0.05, 0.1) is 0 Å². The molecule has 1 aliphatic carbocycles. The zero-order valence-electron chi connectivity index (χ0n) is 9.35. The fraction of sp³-hybridized carbons (Fsp3) is 0.308. The second-order valence-electron chi connectivity index (χ2n) is 4.51. The van der Waals surface area contributed by atoms with E-state index in [1.807, 2.05) is 30.1 Å². The van der Waals surface area contributed by atoms with Crippen LogP contribution in [0.3, 0.4) is 0 Å². The Morgan fingerprint density at radius 2 is 2.00 bits per heavy atom. The average Bonchev–Trinajstić information content (AvgIpc) is 2.96. The van der Waals surface area contributed by atoms with Gasteiger partial charge in [-0.05, 0) is 30.5 Å². The number of anilines is 1. The second kappa shape index (κ2) is 3.11. The van der Waals surface area contributed by atoms with Crippen molar-refractivity contribution in [2.45, 2.75) is 18.3 Å². The van der Waals surface area contributed by atoms with Gasteiger partial charge in [-0.2, -0.15) is 5.10 Å². The van der Waals surface area contributed by atoms with E-state index in [2.05, 4.69) is 23.3 Å². The topological polar surface area (TPSA) is 43.8 Å². The number of benzene rings is 1. The van der Waals surface area contributed by atoms with Crippen LogP contribution in [0.4, 0.5) is 5.69 Å². The zero-order chi connectivity index (χ0) is 11.2. The lowest BCUT2D eigenvalue weighted by molar-refractivity contribution is 0.659. The van der Waals surface area contributed by atoms with Gasteiger partial charge in [0.2, 0.25) is 0 Å². The quantitative estimate of drug-likeness (QED) is 0.776. The van der Waals surface area contributed by atoms with Gasteiger partial charge in [0.25, 0.3) is 0 Å². The number of para-hydroxylation sites is 1. The van der Waals surface area contributed by atoms with Crippen molar-refractivity contribution in [2.75, 3.05) is 5.73 Å². The van der Waals surface area contributed by atoms with Crippen LogP contribution in [0, 0.1) is 0 Å². The summed E-state index contributed by atoms with van der Waals surface area (Å²) in [7, 11) is 1.99. The predicted molar refractivity (Wildman–Crippen MR) is 64.1 cm³/mol. The molecule has 2 N–H and O–H groups in total. The molecular formula is C13H15N3. The highest BCUT2D eigenvalue weighted by molar-refractivity contribution is 5.57. The van der Waals surface area contributed by atoms with Gasteiger partial charge in [-0.3, -0.25) is 4.68 Å². The smallest absolute Gasteiger partial charge is 0.0492 e. The normalized spacial score (nSPS) is 17.3. The first-order valence-electron chi connectivity index (χ1n) is 5.57. The molecule has 0 aliphatic heterocycles. The lowest BCUT2D eigenvalue weighted by Gasteiger charge is -2.18. The number of hydrogen-bond donors (Lipinski definition) is 1. The first-order chi connectivity index (χ1) is 7.74. The number of nitrogens with zero attached hydrogens (tertiary/aromatic N) is 2. The van der Waals surface area contributed by atoms with Gasteiger partial charge in [0, 0.05) is 30.0 Å². The van der Waals surface area contributed by atoms with Crippen LogP contribution in [-0.4, -0.2) is 9.78 Å². The summed E-state index contributed by atoms with van der Waals surface area (Å²) in [6.45, 7) is 0. The van der Waals surface area contributed by atoms with Crippen molar-refractivity contribution in [2.24, 2.45) is 7.05 Å². The van der Waals surface area contributed by atoms with Crippen molar-refractivity contribution in [1.82, 2.24) is 9.78 Å². The van der Waals surface area contributed by atoms with E-state index in [-0.39, 0.29) is 5.41 Å². The molecule has 0 atom stereocenters. The van der Waals surface area contributed by atoms with Crippen LogP contribution in [0.25, 0.3) is 0 Å². The van der Waals surface area contributed by atoms with Gasteiger partial charge < -0.3 is 5.73 Å². The molecule has 1 aromatic heterocycles. The Kier molecular flexibility index (Phi) is 1.84. The molecule has 0 unspecified atom stereocenters. The standard InChI is InChI=1S/C13H15N3/c1-16-12(6-9-15-16)13(7-8-13)10-4-2-3-5-11(10)14/h2-6,9H,7-8,14H2,1H3. The molecule has 2 aromatic rings. The highest BCUT2D eigenvalue weighted by atomic mass is 15.3. The Bertz CT molecular complexity index is 523. The second-order valence-corrected chi connectivity index (χ2v) is 4.51. The van der Waals surface area contributed by atoms with Crippen LogP contribution in [0.15, 0.2) is 36.5 Å². The lowest BCUT2D eigenvalue weighted by atomic mass is 9.91. The van der Waals surface area contributed by atoms with E-state index in [1.165, 1.54) is 24.1 Å². The first-order valence-corrected chi connectivity index (χ1v) is 5.57. The van der Waals surface area contributed by atoms with Crippen LogP contribution in [0.1, 0.15) is 24.1 Å². The third-order valence-electron chi connectivity index (χ3n) is 3.54. The van der Waals surface area contributed by atoms with E-state index in [9.17, 15) is 0 Å². The summed E-state index contributed by atoms with van der Waals surface area (Å²) in [6.07, 6.45) is 4.19. The molecule has 0 amide bonds. The number of aryl methyl sites for hydroxylation is 1. The van der Waals surface area contributed by atoms with Crippen molar-refractivity contribution >= 4 is 5.69 Å². The first kappa shape index (κ1) is 9.46. The summed E-state index contributed by atoms with van der Waals surface area (Å²) in [4.78, 5) is 0. The number of nitrogens with two attached hydrogens (primary N) is 1. The Morgan fingerprint density at radius 3 is 2.56 bits per heavy atom.